The van der Waals surface area contributed by atoms with Gasteiger partial charge >= 0.3 is 0 Å². The Kier molecular flexibility index (Phi) is 6.37. The molecule has 3 atom stereocenters. The molecular weight excluding hydrogens is 428 g/mol. The number of rotatable bonds is 7. The normalized spacial score (nSPS) is 23.2. The third kappa shape index (κ3) is 4.57. The van der Waals surface area contributed by atoms with Gasteiger partial charge in [-0.2, -0.15) is 5.10 Å². The minimum atomic E-state index is -0.0359. The number of hydrazone groups is 1. The molecular formula is C27H32N4O3. The van der Waals surface area contributed by atoms with E-state index in [2.05, 4.69) is 41.2 Å². The molecule has 1 N–H and O–H groups in total. The number of nitrogens with zero attached hydrogens (tertiary/aromatic N) is 3. The molecule has 0 bridgehead atoms. The van der Waals surface area contributed by atoms with Crippen LogP contribution in [0.4, 0.5) is 0 Å². The summed E-state index contributed by atoms with van der Waals surface area (Å²) in [6, 6.07) is 15.1. The molecule has 2 aromatic carbocycles. The largest absolute Gasteiger partial charge is 0.492 e. The zero-order valence-corrected chi connectivity index (χ0v) is 20.1. The smallest absolute Gasteiger partial charge is 0.240 e. The van der Waals surface area contributed by atoms with Gasteiger partial charge in [0.15, 0.2) is 5.58 Å². The third-order valence-electron chi connectivity index (χ3n) is 7.15. The van der Waals surface area contributed by atoms with E-state index in [1.54, 1.807) is 0 Å². The highest BCUT2D eigenvalue weighted by molar-refractivity contribution is 6.07. The van der Waals surface area contributed by atoms with E-state index in [1.165, 1.54) is 12.8 Å². The number of ether oxygens (including phenoxy) is 1. The van der Waals surface area contributed by atoms with E-state index >= 15 is 0 Å². The summed E-state index contributed by atoms with van der Waals surface area (Å²) in [5.41, 5.74) is 6.84. The predicted molar refractivity (Wildman–Crippen MR) is 133 cm³/mol. The molecule has 3 heterocycles. The number of benzene rings is 2. The molecule has 2 aliphatic rings. The minimum Gasteiger partial charge on any atom is -0.492 e. The van der Waals surface area contributed by atoms with Crippen molar-refractivity contribution in [2.24, 2.45) is 11.0 Å². The molecule has 1 unspecified atom stereocenters. The molecule has 7 heteroatoms. The molecule has 0 aliphatic carbocycles. The molecule has 0 spiro atoms. The Labute approximate surface area is 200 Å². The van der Waals surface area contributed by atoms with Gasteiger partial charge in [0.25, 0.3) is 0 Å². The molecule has 178 valence electrons. The Morgan fingerprint density at radius 1 is 1.09 bits per heavy atom. The predicted octanol–water partition coefficient (Wildman–Crippen LogP) is 5.00. The summed E-state index contributed by atoms with van der Waals surface area (Å²) in [7, 11) is 0. The minimum absolute atomic E-state index is 0.0359. The summed E-state index contributed by atoms with van der Waals surface area (Å²) < 4.78 is 12.1. The average Bonchev–Trinajstić information content (AvgIpc) is 3.42. The van der Waals surface area contributed by atoms with Gasteiger partial charge in [-0.15, -0.1) is 0 Å². The fourth-order valence-electron chi connectivity index (χ4n) is 5.08. The zero-order valence-electron chi connectivity index (χ0n) is 20.1. The van der Waals surface area contributed by atoms with Crippen molar-refractivity contribution in [2.45, 2.75) is 58.5 Å². The van der Waals surface area contributed by atoms with Crippen molar-refractivity contribution in [3.63, 3.8) is 0 Å². The van der Waals surface area contributed by atoms with Crippen molar-refractivity contribution in [1.29, 1.82) is 0 Å². The summed E-state index contributed by atoms with van der Waals surface area (Å²) in [6.07, 6.45) is 3.85. The highest BCUT2D eigenvalue weighted by atomic mass is 16.5. The molecule has 2 aliphatic heterocycles. The van der Waals surface area contributed by atoms with Crippen LogP contribution in [-0.4, -0.2) is 46.7 Å². The first-order chi connectivity index (χ1) is 16.5. The molecule has 1 saturated heterocycles. The van der Waals surface area contributed by atoms with Crippen LogP contribution in [0.5, 0.6) is 5.75 Å². The Hall–Kier alpha value is -3.19. The van der Waals surface area contributed by atoms with Crippen molar-refractivity contribution >= 4 is 22.7 Å². The fraction of sp³-hybridized carbons (Fsp3) is 0.444. The second-order valence-electron chi connectivity index (χ2n) is 9.43. The first kappa shape index (κ1) is 22.6. The first-order valence-corrected chi connectivity index (χ1v) is 12.3. The maximum Gasteiger partial charge on any atom is 0.240 e. The highest BCUT2D eigenvalue weighted by Crippen LogP contribution is 2.29. The van der Waals surface area contributed by atoms with E-state index in [4.69, 9.17) is 9.15 Å². The van der Waals surface area contributed by atoms with Gasteiger partial charge in [0.2, 0.25) is 11.8 Å². The van der Waals surface area contributed by atoms with Crippen molar-refractivity contribution < 1.29 is 13.9 Å². The Morgan fingerprint density at radius 3 is 2.56 bits per heavy atom. The lowest BCUT2D eigenvalue weighted by atomic mass is 9.90. The number of likely N-dealkylation sites (tertiary alicyclic amines) is 1. The van der Waals surface area contributed by atoms with Crippen LogP contribution in [0.25, 0.3) is 22.6 Å². The van der Waals surface area contributed by atoms with Crippen LogP contribution in [-0.2, 0) is 4.79 Å². The molecule has 7 nitrogen and oxygen atoms in total. The molecule has 0 radical (unpaired) electrons. The summed E-state index contributed by atoms with van der Waals surface area (Å²) in [5, 5.41) is 4.31. The van der Waals surface area contributed by atoms with Gasteiger partial charge in [-0.25, -0.2) is 10.4 Å². The molecule has 1 fully saturated rings. The van der Waals surface area contributed by atoms with Crippen molar-refractivity contribution in [3.8, 4) is 17.2 Å². The lowest BCUT2D eigenvalue weighted by Crippen LogP contribution is -2.36. The zero-order chi connectivity index (χ0) is 23.7. The topological polar surface area (TPSA) is 80.0 Å². The van der Waals surface area contributed by atoms with Crippen LogP contribution in [0.2, 0.25) is 0 Å². The van der Waals surface area contributed by atoms with Gasteiger partial charge in [-0.1, -0.05) is 13.0 Å². The number of carbonyl (C=O) groups excluding carboxylic acids is 1. The molecule has 34 heavy (non-hydrogen) atoms. The second-order valence-corrected chi connectivity index (χ2v) is 9.43. The van der Waals surface area contributed by atoms with Gasteiger partial charge in [0.05, 0.1) is 5.71 Å². The molecule has 0 saturated carbocycles. The van der Waals surface area contributed by atoms with Crippen molar-refractivity contribution in [1.82, 2.24) is 15.3 Å². The summed E-state index contributed by atoms with van der Waals surface area (Å²) >= 11 is 0. The molecule has 1 amide bonds. The standard InChI is InChI=1S/C27H32N4O3/c1-4-19-16-25(32)29-30-26(19)21-9-12-23-24(15-21)34-27(28-23)20-7-10-22(11-8-20)33-14-13-31-17(2)5-6-18(31)3/h7-12,15,17-19H,4-6,13-14,16H2,1-3H3,(H,29,32)/t17-,18-,19?/m1/s1. The fourth-order valence-corrected chi connectivity index (χ4v) is 5.08. The first-order valence-electron chi connectivity index (χ1n) is 12.3. The van der Waals surface area contributed by atoms with Gasteiger partial charge in [0.1, 0.15) is 17.9 Å². The number of hydrogen-bond acceptors (Lipinski definition) is 6. The number of amides is 1. The van der Waals surface area contributed by atoms with E-state index < -0.39 is 0 Å². The Morgan fingerprint density at radius 2 is 1.82 bits per heavy atom. The van der Waals surface area contributed by atoms with Crippen molar-refractivity contribution in [2.75, 3.05) is 13.2 Å². The van der Waals surface area contributed by atoms with Gasteiger partial charge < -0.3 is 9.15 Å². The van der Waals surface area contributed by atoms with Gasteiger partial charge in [-0.05, 0) is 69.5 Å². The lowest BCUT2D eigenvalue weighted by Gasteiger charge is -2.25. The van der Waals surface area contributed by atoms with Crippen LogP contribution in [0.3, 0.4) is 0 Å². The van der Waals surface area contributed by atoms with Crippen molar-refractivity contribution in [3.05, 3.63) is 48.0 Å². The van der Waals surface area contributed by atoms with Crippen LogP contribution < -0.4 is 10.2 Å². The third-order valence-corrected chi connectivity index (χ3v) is 7.15. The van der Waals surface area contributed by atoms with E-state index in [9.17, 15) is 4.79 Å². The number of nitrogens with one attached hydrogen (secondary N) is 1. The summed E-state index contributed by atoms with van der Waals surface area (Å²) in [4.78, 5) is 18.9. The highest BCUT2D eigenvalue weighted by Gasteiger charge is 2.27. The van der Waals surface area contributed by atoms with E-state index in [0.717, 1.165) is 41.1 Å². The van der Waals surface area contributed by atoms with E-state index in [1.807, 2.05) is 42.5 Å². The van der Waals surface area contributed by atoms with Crippen LogP contribution >= 0.6 is 0 Å². The van der Waals surface area contributed by atoms with E-state index in [-0.39, 0.29) is 11.8 Å². The van der Waals surface area contributed by atoms with Gasteiger partial charge in [-0.3, -0.25) is 9.69 Å². The number of carbonyl (C=O) groups is 1. The molecule has 5 rings (SSSR count). The number of hydrogen-bond donors (Lipinski definition) is 1. The van der Waals surface area contributed by atoms with Crippen LogP contribution in [0, 0.1) is 5.92 Å². The SMILES string of the molecule is CCC1CC(=O)NN=C1c1ccc2nc(-c3ccc(OCCN4[C@H](C)CC[C@H]4C)cc3)oc2c1. The quantitative estimate of drug-likeness (QED) is 0.537. The van der Waals surface area contributed by atoms with E-state index in [0.29, 0.717) is 36.6 Å². The Bertz CT molecular complexity index is 1190. The Balaban J connectivity index is 1.27. The van der Waals surface area contributed by atoms with Gasteiger partial charge in [0, 0.05) is 42.1 Å². The molecule has 3 aromatic rings. The number of fused-ring (bicyclic) bond motifs is 1. The maximum atomic E-state index is 11.7. The number of aromatic nitrogens is 1. The molecule has 1 aromatic heterocycles. The van der Waals surface area contributed by atoms with Crippen LogP contribution in [0.1, 0.15) is 52.0 Å². The maximum absolute atomic E-state index is 11.7. The summed E-state index contributed by atoms with van der Waals surface area (Å²) in [6.45, 7) is 8.30. The average molecular weight is 461 g/mol. The lowest BCUT2D eigenvalue weighted by molar-refractivity contribution is -0.122. The summed E-state index contributed by atoms with van der Waals surface area (Å²) in [5.74, 6) is 1.50. The van der Waals surface area contributed by atoms with Crippen LogP contribution in [0.15, 0.2) is 52.0 Å². The monoisotopic (exact) mass is 460 g/mol. The second kappa shape index (κ2) is 9.58. The number of oxazole rings is 1.